The SMILES string of the molecule is COC(=O)/C=C/c1ccc(Oc2c(-c3ccc(OC(F)(F)F)cc3)sc3cc(O)ccc23)cc1. The Balaban J connectivity index is 1.67. The van der Waals surface area contributed by atoms with Crippen molar-refractivity contribution in [1.29, 1.82) is 0 Å². The number of esters is 1. The van der Waals surface area contributed by atoms with E-state index in [4.69, 9.17) is 4.74 Å². The van der Waals surface area contributed by atoms with Crippen molar-refractivity contribution in [2.24, 2.45) is 0 Å². The standard InChI is InChI=1S/C25H17F3O5S/c1-31-22(30)13-4-15-2-8-18(9-3-15)32-23-20-12-7-17(29)14-21(20)34-24(23)16-5-10-19(11-6-16)33-25(26,27)28/h2-14,29H,1H3/b13-4+. The maximum Gasteiger partial charge on any atom is 0.573 e. The van der Waals surface area contributed by atoms with Gasteiger partial charge in [-0.05, 0) is 71.8 Å². The summed E-state index contributed by atoms with van der Waals surface area (Å²) >= 11 is 1.34. The van der Waals surface area contributed by atoms with Gasteiger partial charge < -0.3 is 19.3 Å². The molecule has 0 amide bonds. The fourth-order valence-corrected chi connectivity index (χ4v) is 4.33. The average molecular weight is 486 g/mol. The molecule has 4 rings (SSSR count). The lowest BCUT2D eigenvalue weighted by molar-refractivity contribution is -0.274. The third kappa shape index (κ3) is 5.49. The summed E-state index contributed by atoms with van der Waals surface area (Å²) in [6.45, 7) is 0. The number of aromatic hydroxyl groups is 1. The molecule has 0 bridgehead atoms. The second kappa shape index (κ2) is 9.48. The Morgan fingerprint density at radius 1 is 0.971 bits per heavy atom. The van der Waals surface area contributed by atoms with Crippen molar-refractivity contribution in [2.75, 3.05) is 7.11 Å². The highest BCUT2D eigenvalue weighted by molar-refractivity contribution is 7.22. The topological polar surface area (TPSA) is 65.0 Å². The molecule has 9 heteroatoms. The molecule has 3 aromatic carbocycles. The number of carbonyl (C=O) groups excluding carboxylic acids is 1. The van der Waals surface area contributed by atoms with E-state index in [0.717, 1.165) is 15.6 Å². The minimum atomic E-state index is -4.77. The molecule has 0 aliphatic heterocycles. The van der Waals surface area contributed by atoms with Gasteiger partial charge in [-0.3, -0.25) is 0 Å². The van der Waals surface area contributed by atoms with Crippen molar-refractivity contribution in [2.45, 2.75) is 6.36 Å². The van der Waals surface area contributed by atoms with E-state index < -0.39 is 12.3 Å². The van der Waals surface area contributed by atoms with Crippen molar-refractivity contribution >= 4 is 33.5 Å². The predicted molar refractivity (Wildman–Crippen MR) is 123 cm³/mol. The van der Waals surface area contributed by atoms with Crippen LogP contribution in [0.3, 0.4) is 0 Å². The van der Waals surface area contributed by atoms with E-state index in [-0.39, 0.29) is 11.5 Å². The molecule has 0 aliphatic carbocycles. The molecule has 174 valence electrons. The average Bonchev–Trinajstić information content (AvgIpc) is 3.15. The molecule has 0 saturated carbocycles. The molecule has 1 N–H and O–H groups in total. The normalized spacial score (nSPS) is 11.6. The fraction of sp³-hybridized carbons (Fsp3) is 0.0800. The third-order valence-corrected chi connectivity index (χ3v) is 5.87. The van der Waals surface area contributed by atoms with Crippen LogP contribution in [0.5, 0.6) is 23.0 Å². The Morgan fingerprint density at radius 3 is 2.29 bits per heavy atom. The van der Waals surface area contributed by atoms with Gasteiger partial charge in [-0.1, -0.05) is 12.1 Å². The highest BCUT2D eigenvalue weighted by Crippen LogP contribution is 2.47. The molecule has 0 aliphatic rings. The van der Waals surface area contributed by atoms with Gasteiger partial charge in [0, 0.05) is 16.2 Å². The molecule has 1 heterocycles. The zero-order valence-corrected chi connectivity index (χ0v) is 18.4. The summed E-state index contributed by atoms with van der Waals surface area (Å²) in [6.07, 6.45) is -1.86. The number of carbonyl (C=O) groups is 1. The summed E-state index contributed by atoms with van der Waals surface area (Å²) in [5.74, 6) is 0.309. The maximum atomic E-state index is 12.5. The number of phenolic OH excluding ortho intramolecular Hbond substituents is 1. The zero-order valence-electron chi connectivity index (χ0n) is 17.6. The van der Waals surface area contributed by atoms with Crippen molar-refractivity contribution in [3.05, 3.63) is 78.4 Å². The van der Waals surface area contributed by atoms with E-state index in [9.17, 15) is 23.1 Å². The van der Waals surface area contributed by atoms with Crippen LogP contribution >= 0.6 is 11.3 Å². The first kappa shape index (κ1) is 23.2. The minimum absolute atomic E-state index is 0.0857. The van der Waals surface area contributed by atoms with Crippen LogP contribution < -0.4 is 9.47 Å². The monoisotopic (exact) mass is 486 g/mol. The van der Waals surface area contributed by atoms with Gasteiger partial charge in [0.2, 0.25) is 0 Å². The van der Waals surface area contributed by atoms with Gasteiger partial charge in [0.25, 0.3) is 0 Å². The predicted octanol–water partition coefficient (Wildman–Crippen LogP) is 7.15. The van der Waals surface area contributed by atoms with Crippen LogP contribution in [0.4, 0.5) is 13.2 Å². The van der Waals surface area contributed by atoms with E-state index in [0.29, 0.717) is 21.9 Å². The van der Waals surface area contributed by atoms with Gasteiger partial charge in [-0.25, -0.2) is 4.79 Å². The van der Waals surface area contributed by atoms with Gasteiger partial charge in [-0.2, -0.15) is 0 Å². The van der Waals surface area contributed by atoms with Crippen molar-refractivity contribution in [3.8, 4) is 33.4 Å². The molecular weight excluding hydrogens is 469 g/mol. The van der Waals surface area contributed by atoms with E-state index in [1.54, 1.807) is 42.5 Å². The molecule has 0 spiro atoms. The number of alkyl halides is 3. The molecule has 1 aromatic heterocycles. The first-order valence-electron chi connectivity index (χ1n) is 9.87. The van der Waals surface area contributed by atoms with Gasteiger partial charge in [0.1, 0.15) is 17.2 Å². The lowest BCUT2D eigenvalue weighted by Crippen LogP contribution is -2.16. The largest absolute Gasteiger partial charge is 0.573 e. The van der Waals surface area contributed by atoms with Crippen LogP contribution in [-0.4, -0.2) is 24.5 Å². The smallest absolute Gasteiger partial charge is 0.508 e. The Hall–Kier alpha value is -3.98. The van der Waals surface area contributed by atoms with Crippen LogP contribution in [0, 0.1) is 0 Å². The number of methoxy groups -OCH3 is 1. The molecule has 0 atom stereocenters. The summed E-state index contributed by atoms with van der Waals surface area (Å²) in [7, 11) is 1.29. The van der Waals surface area contributed by atoms with Crippen molar-refractivity contribution in [1.82, 2.24) is 0 Å². The van der Waals surface area contributed by atoms with Gasteiger partial charge in [0.05, 0.1) is 12.0 Å². The summed E-state index contributed by atoms with van der Waals surface area (Å²) in [6, 6.07) is 17.3. The summed E-state index contributed by atoms with van der Waals surface area (Å²) in [5, 5.41) is 10.6. The first-order chi connectivity index (χ1) is 16.2. The fourth-order valence-electron chi connectivity index (χ4n) is 3.16. The Kier molecular flexibility index (Phi) is 6.47. The van der Waals surface area contributed by atoms with Crippen LogP contribution in [0.1, 0.15) is 5.56 Å². The maximum absolute atomic E-state index is 12.5. The van der Waals surface area contributed by atoms with Gasteiger partial charge in [-0.15, -0.1) is 24.5 Å². The molecule has 34 heavy (non-hydrogen) atoms. The zero-order chi connectivity index (χ0) is 24.3. The molecule has 0 saturated heterocycles. The van der Waals surface area contributed by atoms with Crippen molar-refractivity contribution < 1.29 is 37.3 Å². The van der Waals surface area contributed by atoms with Crippen molar-refractivity contribution in [3.63, 3.8) is 0 Å². The number of benzene rings is 3. The number of rotatable bonds is 6. The molecule has 4 aromatic rings. The number of hydrogen-bond donors (Lipinski definition) is 1. The van der Waals surface area contributed by atoms with Crippen LogP contribution in [0.2, 0.25) is 0 Å². The third-order valence-electron chi connectivity index (χ3n) is 4.69. The Bertz CT molecular complexity index is 1340. The number of fused-ring (bicyclic) bond motifs is 1. The second-order valence-corrected chi connectivity index (χ2v) is 8.09. The first-order valence-corrected chi connectivity index (χ1v) is 10.7. The van der Waals surface area contributed by atoms with E-state index in [1.807, 2.05) is 0 Å². The van der Waals surface area contributed by atoms with Gasteiger partial charge in [0.15, 0.2) is 5.75 Å². The lowest BCUT2D eigenvalue weighted by atomic mass is 10.1. The summed E-state index contributed by atoms with van der Waals surface area (Å²) in [4.78, 5) is 11.9. The number of thiophene rings is 1. The van der Waals surface area contributed by atoms with Gasteiger partial charge >= 0.3 is 12.3 Å². The number of hydrogen-bond acceptors (Lipinski definition) is 6. The van der Waals surface area contributed by atoms with Crippen LogP contribution in [0.25, 0.3) is 26.6 Å². The summed E-state index contributed by atoms with van der Waals surface area (Å²) < 4.78 is 52.9. The Morgan fingerprint density at radius 2 is 1.65 bits per heavy atom. The van der Waals surface area contributed by atoms with Crippen LogP contribution in [-0.2, 0) is 9.53 Å². The summed E-state index contributed by atoms with van der Waals surface area (Å²) in [5.41, 5.74) is 1.39. The number of phenols is 1. The molecule has 0 fully saturated rings. The number of ether oxygens (including phenoxy) is 3. The highest BCUT2D eigenvalue weighted by atomic mass is 32.1. The molecule has 5 nitrogen and oxygen atoms in total. The lowest BCUT2D eigenvalue weighted by Gasteiger charge is -2.11. The second-order valence-electron chi connectivity index (χ2n) is 7.04. The Labute approximate surface area is 196 Å². The van der Waals surface area contributed by atoms with Crippen LogP contribution in [0.15, 0.2) is 72.8 Å². The van der Waals surface area contributed by atoms with E-state index in [2.05, 4.69) is 9.47 Å². The number of halogens is 3. The quantitative estimate of drug-likeness (QED) is 0.232. The van der Waals surface area contributed by atoms with E-state index >= 15 is 0 Å². The minimum Gasteiger partial charge on any atom is -0.508 e. The molecule has 0 radical (unpaired) electrons. The van der Waals surface area contributed by atoms with E-state index in [1.165, 1.54) is 54.9 Å². The molecule has 0 unspecified atom stereocenters. The molecular formula is C25H17F3O5S. The highest BCUT2D eigenvalue weighted by Gasteiger charge is 2.31.